The van der Waals surface area contributed by atoms with Gasteiger partial charge < -0.3 is 42.3 Å². The number of unbranched alkanes of at least 4 members (excludes halogenated alkanes) is 1. The molecule has 0 atom stereocenters. The van der Waals surface area contributed by atoms with Crippen LogP contribution < -0.4 is 32.7 Å². The molecule has 2 aromatic heterocycles. The van der Waals surface area contributed by atoms with Crippen LogP contribution in [-0.2, 0) is 11.3 Å². The van der Waals surface area contributed by atoms with Crippen molar-refractivity contribution < 1.29 is 19.1 Å². The van der Waals surface area contributed by atoms with Crippen LogP contribution in [0.25, 0.3) is 11.3 Å². The first kappa shape index (κ1) is 33.9. The summed E-state index contributed by atoms with van der Waals surface area (Å²) in [5.74, 6) is 1.21. The van der Waals surface area contributed by atoms with Gasteiger partial charge >= 0.3 is 5.97 Å². The van der Waals surface area contributed by atoms with Crippen molar-refractivity contribution in [1.29, 1.82) is 0 Å². The van der Waals surface area contributed by atoms with Gasteiger partial charge in [0.05, 0.1) is 22.8 Å². The normalized spacial score (nSPS) is 10.7. The summed E-state index contributed by atoms with van der Waals surface area (Å²) in [4.78, 5) is 37.2. The highest BCUT2D eigenvalue weighted by atomic mass is 35.5. The lowest BCUT2D eigenvalue weighted by Crippen LogP contribution is -2.29. The van der Waals surface area contributed by atoms with Gasteiger partial charge in [-0.05, 0) is 62.2 Å². The van der Waals surface area contributed by atoms with Gasteiger partial charge in [-0.1, -0.05) is 35.3 Å². The molecule has 4 aromatic rings. The number of aromatic nitrogens is 2. The van der Waals surface area contributed by atoms with Gasteiger partial charge in [-0.3, -0.25) is 9.79 Å². The van der Waals surface area contributed by atoms with E-state index in [1.54, 1.807) is 55.5 Å². The highest BCUT2D eigenvalue weighted by Gasteiger charge is 2.18. The number of rotatable bonds is 16. The van der Waals surface area contributed by atoms with Crippen LogP contribution in [0.15, 0.2) is 64.0 Å². The van der Waals surface area contributed by atoms with Gasteiger partial charge in [0.1, 0.15) is 23.0 Å². The number of carboxylic acid groups (broad SMARTS) is 1. The first-order valence-electron chi connectivity index (χ1n) is 14.4. The predicted molar refractivity (Wildman–Crippen MR) is 181 cm³/mol. The number of carbonyl (C=O) groups is 2. The third-order valence-electron chi connectivity index (χ3n) is 6.57. The molecule has 9 N–H and O–H groups in total. The number of furan rings is 1. The van der Waals surface area contributed by atoms with Gasteiger partial charge in [-0.15, -0.1) is 0 Å². The Hall–Kier alpha value is -5.01. The third kappa shape index (κ3) is 9.74. The predicted octanol–water partition coefficient (Wildman–Crippen LogP) is 5.38. The molecule has 0 saturated carbocycles. The topological polar surface area (TPSA) is 206 Å². The monoisotopic (exact) mass is 667 g/mol. The number of benzene rings is 2. The number of para-hydroxylation sites is 1. The van der Waals surface area contributed by atoms with Gasteiger partial charge in [0.2, 0.25) is 5.91 Å². The van der Waals surface area contributed by atoms with Crippen molar-refractivity contribution in [3.8, 4) is 11.3 Å². The molecule has 4 rings (SSSR count). The molecule has 46 heavy (non-hydrogen) atoms. The summed E-state index contributed by atoms with van der Waals surface area (Å²) in [7, 11) is 0. The van der Waals surface area contributed by atoms with Gasteiger partial charge in [-0.25, -0.2) is 14.8 Å². The largest absolute Gasteiger partial charge is 0.478 e. The highest BCUT2D eigenvalue weighted by Crippen LogP contribution is 2.34. The number of aryl methyl sites for hydroxylation is 1. The molecule has 0 spiro atoms. The van der Waals surface area contributed by atoms with Crippen molar-refractivity contribution >= 4 is 64.0 Å². The molecular weight excluding hydrogens is 633 g/mol. The first-order valence-corrected chi connectivity index (χ1v) is 15.2. The molecule has 0 fully saturated rings. The standard InChI is InChI=1S/C31H35Cl2N9O4/c1-18-40-28(37-15-14-36-26(43)8-4-5-13-38-31(34)35)27(29(41-18)42-24-7-3-2-6-21(24)30(44)45)39-17-20-10-12-25(46-20)22-16-19(32)9-11-23(22)33/h2-3,6-7,9-12,16,39H,4-5,8,13-15,17H2,1H3,(H,36,43)(H,44,45)(H4,34,35,38)(H2,37,40,41,42). The highest BCUT2D eigenvalue weighted by molar-refractivity contribution is 6.35. The van der Waals surface area contributed by atoms with E-state index < -0.39 is 5.97 Å². The molecule has 2 aromatic carbocycles. The lowest BCUT2D eigenvalue weighted by molar-refractivity contribution is -0.121. The van der Waals surface area contributed by atoms with Crippen LogP contribution in [0.1, 0.15) is 41.2 Å². The molecule has 242 valence electrons. The maximum absolute atomic E-state index is 12.3. The third-order valence-corrected chi connectivity index (χ3v) is 7.14. The van der Waals surface area contributed by atoms with E-state index in [1.165, 1.54) is 6.07 Å². The smallest absolute Gasteiger partial charge is 0.337 e. The Balaban J connectivity index is 1.50. The number of nitrogens with zero attached hydrogens (tertiary/aromatic N) is 3. The zero-order valence-electron chi connectivity index (χ0n) is 25.1. The van der Waals surface area contributed by atoms with E-state index in [2.05, 4.69) is 36.2 Å². The molecule has 0 radical (unpaired) electrons. The fourth-order valence-corrected chi connectivity index (χ4v) is 4.80. The minimum absolute atomic E-state index is 0.0326. The summed E-state index contributed by atoms with van der Waals surface area (Å²) in [6.07, 6.45) is 1.70. The summed E-state index contributed by atoms with van der Waals surface area (Å²) >= 11 is 12.5. The molecule has 2 heterocycles. The van der Waals surface area contributed by atoms with Crippen LogP contribution in [0.4, 0.5) is 23.0 Å². The number of nitrogens with two attached hydrogens (primary N) is 2. The SMILES string of the molecule is Cc1nc(NCCNC(=O)CCCCN=C(N)N)c(NCc2ccc(-c3cc(Cl)ccc3Cl)o2)c(Nc2ccccc2C(=O)O)n1. The number of hydrogen-bond donors (Lipinski definition) is 7. The molecule has 13 nitrogen and oxygen atoms in total. The zero-order chi connectivity index (χ0) is 33.1. The van der Waals surface area contributed by atoms with E-state index in [4.69, 9.17) is 39.1 Å². The molecule has 0 bridgehead atoms. The second-order valence-corrected chi connectivity index (χ2v) is 10.9. The van der Waals surface area contributed by atoms with Crippen LogP contribution in [-0.4, -0.2) is 52.5 Å². The fourth-order valence-electron chi connectivity index (χ4n) is 4.42. The number of carbonyl (C=O) groups excluding carboxylic acids is 1. The summed E-state index contributed by atoms with van der Waals surface area (Å²) in [5, 5.41) is 23.3. The number of carboxylic acids is 1. The van der Waals surface area contributed by atoms with Gasteiger partial charge in [0.15, 0.2) is 17.6 Å². The Morgan fingerprint density at radius 3 is 2.54 bits per heavy atom. The number of nitrogens with one attached hydrogen (secondary N) is 4. The minimum Gasteiger partial charge on any atom is -0.478 e. The number of hydrogen-bond acceptors (Lipinski definition) is 9. The van der Waals surface area contributed by atoms with E-state index >= 15 is 0 Å². The van der Waals surface area contributed by atoms with Crippen LogP contribution >= 0.6 is 23.2 Å². The van der Waals surface area contributed by atoms with Gasteiger partial charge in [-0.2, -0.15) is 0 Å². The van der Waals surface area contributed by atoms with Gasteiger partial charge in [0.25, 0.3) is 0 Å². The first-order chi connectivity index (χ1) is 22.1. The van der Waals surface area contributed by atoms with Crippen LogP contribution in [0.3, 0.4) is 0 Å². The van der Waals surface area contributed by atoms with Crippen molar-refractivity contribution in [3.63, 3.8) is 0 Å². The van der Waals surface area contributed by atoms with Crippen LogP contribution in [0, 0.1) is 6.92 Å². The molecule has 0 aliphatic heterocycles. The average molecular weight is 669 g/mol. The molecule has 0 aliphatic carbocycles. The Labute approximate surface area is 275 Å². The van der Waals surface area contributed by atoms with E-state index in [9.17, 15) is 14.7 Å². The number of guanidine groups is 1. The number of aliphatic imine (C=N–C) groups is 1. The quantitative estimate of drug-likeness (QED) is 0.0459. The summed E-state index contributed by atoms with van der Waals surface area (Å²) in [6.45, 7) is 3.11. The summed E-state index contributed by atoms with van der Waals surface area (Å²) in [6, 6.07) is 15.2. The van der Waals surface area contributed by atoms with Crippen molar-refractivity contribution in [2.75, 3.05) is 35.6 Å². The van der Waals surface area contributed by atoms with Gasteiger partial charge in [0, 0.05) is 36.6 Å². The fraction of sp³-hybridized carbons (Fsp3) is 0.258. The van der Waals surface area contributed by atoms with Crippen LogP contribution in [0.2, 0.25) is 10.0 Å². The van der Waals surface area contributed by atoms with E-state index in [-0.39, 0.29) is 24.0 Å². The Morgan fingerprint density at radius 2 is 1.76 bits per heavy atom. The van der Waals surface area contributed by atoms with Crippen molar-refractivity contribution in [2.24, 2.45) is 16.5 Å². The summed E-state index contributed by atoms with van der Waals surface area (Å²) < 4.78 is 6.05. The van der Waals surface area contributed by atoms with E-state index in [1.807, 2.05) is 0 Å². The maximum atomic E-state index is 12.3. The maximum Gasteiger partial charge on any atom is 0.337 e. The molecular formula is C31H35Cl2N9O4. The Bertz CT molecular complexity index is 1710. The molecule has 1 amide bonds. The lowest BCUT2D eigenvalue weighted by atomic mass is 10.2. The van der Waals surface area contributed by atoms with Crippen LogP contribution in [0.5, 0.6) is 0 Å². The number of aromatic carboxylic acids is 1. The molecule has 0 aliphatic rings. The lowest BCUT2D eigenvalue weighted by Gasteiger charge is -2.18. The van der Waals surface area contributed by atoms with Crippen molar-refractivity contribution in [1.82, 2.24) is 15.3 Å². The Morgan fingerprint density at radius 1 is 0.978 bits per heavy atom. The second kappa shape index (κ2) is 16.3. The van der Waals surface area contributed by atoms with Crippen molar-refractivity contribution in [2.45, 2.75) is 32.7 Å². The number of anilines is 4. The Kier molecular flexibility index (Phi) is 12.0. The molecule has 0 unspecified atom stereocenters. The van der Waals surface area contributed by atoms with E-state index in [0.29, 0.717) is 94.9 Å². The summed E-state index contributed by atoms with van der Waals surface area (Å²) in [5.41, 5.74) is 12.2. The van der Waals surface area contributed by atoms with E-state index in [0.717, 1.165) is 0 Å². The second-order valence-electron chi connectivity index (χ2n) is 10.1. The number of halogens is 2. The minimum atomic E-state index is -1.09. The molecule has 0 saturated heterocycles. The molecule has 15 heteroatoms. The zero-order valence-corrected chi connectivity index (χ0v) is 26.6. The number of amides is 1. The van der Waals surface area contributed by atoms with Crippen molar-refractivity contribution in [3.05, 3.63) is 81.8 Å². The average Bonchev–Trinajstić information content (AvgIpc) is 3.48.